The van der Waals surface area contributed by atoms with Crippen molar-refractivity contribution in [3.63, 3.8) is 0 Å². The molecule has 2 aliphatic heterocycles. The Morgan fingerprint density at radius 3 is 2.59 bits per heavy atom. The number of piperidine rings is 1. The van der Waals surface area contributed by atoms with E-state index in [1.807, 2.05) is 0 Å². The lowest BCUT2D eigenvalue weighted by Gasteiger charge is -2.43. The van der Waals surface area contributed by atoms with Crippen LogP contribution >= 0.6 is 0 Å². The van der Waals surface area contributed by atoms with Gasteiger partial charge in [0.2, 0.25) is 0 Å². The molecule has 0 aliphatic carbocycles. The first kappa shape index (κ1) is 13.5. The molecule has 2 fully saturated rings. The number of likely N-dealkylation sites (tertiary alicyclic amines) is 1. The molecule has 0 aromatic heterocycles. The van der Waals surface area contributed by atoms with Crippen LogP contribution in [0.3, 0.4) is 0 Å². The third-order valence-corrected chi connectivity index (χ3v) is 5.63. The molecular weight excluding hydrogens is 232 g/mol. The Balaban J connectivity index is 1.84. The van der Waals surface area contributed by atoms with E-state index in [0.717, 1.165) is 30.9 Å². The maximum Gasteiger partial charge on any atom is 0.0249 e. The van der Waals surface area contributed by atoms with Crippen molar-refractivity contribution in [3.8, 4) is 0 Å². The van der Waals surface area contributed by atoms with E-state index < -0.39 is 10.8 Å². The highest BCUT2D eigenvalue weighted by Gasteiger charge is 2.31. The van der Waals surface area contributed by atoms with Crippen LogP contribution in [0, 0.1) is 0 Å². The summed E-state index contributed by atoms with van der Waals surface area (Å²) in [6, 6.07) is 2.10. The third-order valence-electron chi connectivity index (χ3n) is 4.25. The summed E-state index contributed by atoms with van der Waals surface area (Å²) in [6.45, 7) is 6.85. The van der Waals surface area contributed by atoms with Crippen molar-refractivity contribution in [1.82, 2.24) is 10.2 Å². The zero-order valence-electron chi connectivity index (χ0n) is 11.2. The van der Waals surface area contributed by atoms with Gasteiger partial charge in [-0.15, -0.1) is 0 Å². The molecule has 0 saturated carbocycles. The first-order valence-corrected chi connectivity index (χ1v) is 8.53. The number of hydrogen-bond donors (Lipinski definition) is 1. The van der Waals surface area contributed by atoms with Crippen molar-refractivity contribution in [3.05, 3.63) is 0 Å². The molecule has 0 radical (unpaired) electrons. The maximum atomic E-state index is 11.4. The molecule has 0 aromatic rings. The summed E-state index contributed by atoms with van der Waals surface area (Å²) in [4.78, 5) is 2.67. The van der Waals surface area contributed by atoms with Crippen molar-refractivity contribution >= 4 is 10.8 Å². The molecule has 3 nitrogen and oxygen atoms in total. The molecule has 4 heteroatoms. The molecule has 2 atom stereocenters. The van der Waals surface area contributed by atoms with Crippen LogP contribution in [-0.2, 0) is 10.8 Å². The minimum atomic E-state index is -0.526. The van der Waals surface area contributed by atoms with Gasteiger partial charge in [0.15, 0.2) is 0 Å². The predicted octanol–water partition coefficient (Wildman–Crippen LogP) is 1.36. The molecule has 0 bridgehead atoms. The molecule has 0 spiro atoms. The molecular formula is C13H26N2OS. The second-order valence-electron chi connectivity index (χ2n) is 5.45. The van der Waals surface area contributed by atoms with Crippen LogP contribution in [-0.4, -0.2) is 51.8 Å². The van der Waals surface area contributed by atoms with Crippen molar-refractivity contribution < 1.29 is 4.21 Å². The van der Waals surface area contributed by atoms with Crippen molar-refractivity contribution in [2.24, 2.45) is 0 Å². The number of hydrogen-bond acceptors (Lipinski definition) is 3. The fourth-order valence-corrected chi connectivity index (χ4v) is 4.59. The molecule has 1 N–H and O–H groups in total. The first-order valence-electron chi connectivity index (χ1n) is 7.04. The second kappa shape index (κ2) is 6.30. The van der Waals surface area contributed by atoms with Gasteiger partial charge in [0.05, 0.1) is 0 Å². The quantitative estimate of drug-likeness (QED) is 0.829. The highest BCUT2D eigenvalue weighted by atomic mass is 32.2. The number of nitrogens with one attached hydrogen (secondary N) is 1. The van der Waals surface area contributed by atoms with Crippen LogP contribution in [0.4, 0.5) is 0 Å². The standard InChI is InChI=1S/C13H26N2OS/c1-3-14-12-4-7-15(11(2)10-12)13-5-8-17(16)9-6-13/h11-14H,3-10H2,1-2H3. The SMILES string of the molecule is CCNC1CCN(C2CCS(=O)CC2)C(C)C1. The second-order valence-corrected chi connectivity index (χ2v) is 7.14. The molecule has 0 amide bonds. The van der Waals surface area contributed by atoms with E-state index in [9.17, 15) is 4.21 Å². The van der Waals surface area contributed by atoms with Gasteiger partial charge < -0.3 is 5.32 Å². The fraction of sp³-hybridized carbons (Fsp3) is 1.00. The van der Waals surface area contributed by atoms with Crippen molar-refractivity contribution in [1.29, 1.82) is 0 Å². The molecule has 2 unspecified atom stereocenters. The topological polar surface area (TPSA) is 32.3 Å². The van der Waals surface area contributed by atoms with Gasteiger partial charge in [-0.25, -0.2) is 0 Å². The average Bonchev–Trinajstić information content (AvgIpc) is 2.31. The zero-order chi connectivity index (χ0) is 12.3. The summed E-state index contributed by atoms with van der Waals surface area (Å²) < 4.78 is 11.4. The minimum Gasteiger partial charge on any atom is -0.314 e. The van der Waals surface area contributed by atoms with Gasteiger partial charge in [-0.3, -0.25) is 9.11 Å². The highest BCUT2D eigenvalue weighted by Crippen LogP contribution is 2.25. The van der Waals surface area contributed by atoms with E-state index in [2.05, 4.69) is 24.1 Å². The van der Waals surface area contributed by atoms with Crippen LogP contribution in [0.1, 0.15) is 39.5 Å². The number of nitrogens with zero attached hydrogens (tertiary/aromatic N) is 1. The van der Waals surface area contributed by atoms with E-state index in [4.69, 9.17) is 0 Å². The Kier molecular flexibility index (Phi) is 5.00. The third kappa shape index (κ3) is 3.52. The molecule has 100 valence electrons. The van der Waals surface area contributed by atoms with Crippen LogP contribution in [0.25, 0.3) is 0 Å². The summed E-state index contributed by atoms with van der Waals surface area (Å²) >= 11 is 0. The van der Waals surface area contributed by atoms with E-state index in [1.165, 1.54) is 19.4 Å². The van der Waals surface area contributed by atoms with Crippen molar-refractivity contribution in [2.45, 2.75) is 57.7 Å². The Morgan fingerprint density at radius 1 is 1.29 bits per heavy atom. The Bertz CT molecular complexity index is 262. The average molecular weight is 258 g/mol. The Morgan fingerprint density at radius 2 is 2.00 bits per heavy atom. The van der Waals surface area contributed by atoms with Gasteiger partial charge in [0.25, 0.3) is 0 Å². The summed E-state index contributed by atoms with van der Waals surface area (Å²) in [6.07, 6.45) is 4.83. The van der Waals surface area contributed by atoms with Gasteiger partial charge in [0, 0.05) is 47.0 Å². The van der Waals surface area contributed by atoms with E-state index in [-0.39, 0.29) is 0 Å². The lowest BCUT2D eigenvalue weighted by molar-refractivity contribution is 0.0829. The maximum absolute atomic E-state index is 11.4. The Hall–Kier alpha value is 0.0700. The molecule has 17 heavy (non-hydrogen) atoms. The monoisotopic (exact) mass is 258 g/mol. The van der Waals surface area contributed by atoms with Gasteiger partial charge >= 0.3 is 0 Å². The molecule has 2 saturated heterocycles. The van der Waals surface area contributed by atoms with Crippen LogP contribution < -0.4 is 5.32 Å². The van der Waals surface area contributed by atoms with Crippen LogP contribution in [0.2, 0.25) is 0 Å². The van der Waals surface area contributed by atoms with Gasteiger partial charge in [-0.1, -0.05) is 6.92 Å². The molecule has 2 aliphatic rings. The molecule has 2 rings (SSSR count). The summed E-state index contributed by atoms with van der Waals surface area (Å²) in [7, 11) is -0.526. The van der Waals surface area contributed by atoms with Crippen LogP contribution in [0.5, 0.6) is 0 Å². The first-order chi connectivity index (χ1) is 8.20. The zero-order valence-corrected chi connectivity index (χ0v) is 12.0. The van der Waals surface area contributed by atoms with Gasteiger partial charge in [-0.05, 0) is 39.2 Å². The predicted molar refractivity (Wildman–Crippen MR) is 73.8 cm³/mol. The molecule has 0 aromatic carbocycles. The summed E-state index contributed by atoms with van der Waals surface area (Å²) in [5, 5.41) is 3.57. The fourth-order valence-electron chi connectivity index (χ4n) is 3.32. The highest BCUT2D eigenvalue weighted by molar-refractivity contribution is 7.85. The lowest BCUT2D eigenvalue weighted by Crippen LogP contribution is -2.52. The smallest absolute Gasteiger partial charge is 0.0249 e. The minimum absolute atomic E-state index is 0.526. The van der Waals surface area contributed by atoms with Crippen LogP contribution in [0.15, 0.2) is 0 Å². The van der Waals surface area contributed by atoms with Gasteiger partial charge in [0.1, 0.15) is 0 Å². The number of rotatable bonds is 3. The largest absolute Gasteiger partial charge is 0.314 e. The summed E-state index contributed by atoms with van der Waals surface area (Å²) in [5.41, 5.74) is 0. The lowest BCUT2D eigenvalue weighted by atomic mass is 9.95. The van der Waals surface area contributed by atoms with E-state index in [0.29, 0.717) is 18.1 Å². The molecule has 2 heterocycles. The van der Waals surface area contributed by atoms with E-state index >= 15 is 0 Å². The normalized spacial score (nSPS) is 40.4. The Labute approximate surface area is 108 Å². The summed E-state index contributed by atoms with van der Waals surface area (Å²) in [5.74, 6) is 1.84. The van der Waals surface area contributed by atoms with Crippen molar-refractivity contribution in [2.75, 3.05) is 24.6 Å². The van der Waals surface area contributed by atoms with E-state index in [1.54, 1.807) is 0 Å². The van der Waals surface area contributed by atoms with Gasteiger partial charge in [-0.2, -0.15) is 0 Å².